The van der Waals surface area contributed by atoms with Crippen LogP contribution < -0.4 is 5.73 Å². The molecule has 2 N–H and O–H groups in total. The van der Waals surface area contributed by atoms with Gasteiger partial charge in [-0.15, -0.1) is 0 Å². The van der Waals surface area contributed by atoms with E-state index in [4.69, 9.17) is 10.8 Å². The van der Waals surface area contributed by atoms with E-state index < -0.39 is 12.0 Å². The highest BCUT2D eigenvalue weighted by molar-refractivity contribution is 5.74. The van der Waals surface area contributed by atoms with Crippen molar-refractivity contribution in [1.29, 1.82) is 0 Å². The minimum absolute atomic E-state index is 0.514. The highest BCUT2D eigenvalue weighted by Crippen LogP contribution is 2.10. The summed E-state index contributed by atoms with van der Waals surface area (Å²) in [7, 11) is 0. The molecule has 0 amide bonds. The van der Waals surface area contributed by atoms with Gasteiger partial charge in [0.2, 0.25) is 0 Å². The highest BCUT2D eigenvalue weighted by Gasteiger charge is 2.13. The first kappa shape index (κ1) is 7.75. The average Bonchev–Trinajstić information content (AvgIpc) is 2.05. The van der Waals surface area contributed by atoms with Gasteiger partial charge in [-0.2, -0.15) is 0 Å². The van der Waals surface area contributed by atoms with E-state index in [2.05, 4.69) is 0 Å². The molecule has 0 spiro atoms. The van der Waals surface area contributed by atoms with E-state index in [0.29, 0.717) is 5.56 Å². The maximum atomic E-state index is 10.3. The third-order valence-electron chi connectivity index (χ3n) is 1.38. The first-order valence-electron chi connectivity index (χ1n) is 3.20. The average molecular weight is 150 g/mol. The maximum absolute atomic E-state index is 10.3. The Bertz CT molecular complexity index is 246. The van der Waals surface area contributed by atoms with E-state index in [9.17, 15) is 4.79 Å². The number of rotatable bonds is 2. The van der Waals surface area contributed by atoms with Crippen molar-refractivity contribution in [2.24, 2.45) is 0 Å². The monoisotopic (exact) mass is 150 g/mol. The summed E-state index contributed by atoms with van der Waals surface area (Å²) in [5, 5.41) is 8.45. The van der Waals surface area contributed by atoms with Crippen molar-refractivity contribution in [2.45, 2.75) is 6.04 Å². The van der Waals surface area contributed by atoms with Gasteiger partial charge in [0.25, 0.3) is 0 Å². The summed E-state index contributed by atoms with van der Waals surface area (Å²) in [5.41, 5.74) is 7.68. The number of nitrogens with one attached hydrogen (secondary N) is 1. The number of carboxylic acids is 1. The van der Waals surface area contributed by atoms with Crippen LogP contribution in [0.2, 0.25) is 0 Å². The number of carbonyl (C=O) groups is 1. The number of hydrogen-bond donors (Lipinski definition) is 1. The van der Waals surface area contributed by atoms with Gasteiger partial charge in [-0.05, 0) is 5.56 Å². The van der Waals surface area contributed by atoms with Gasteiger partial charge in [0.05, 0.1) is 0 Å². The fourth-order valence-electron chi connectivity index (χ4n) is 0.788. The zero-order chi connectivity index (χ0) is 8.27. The first-order valence-corrected chi connectivity index (χ1v) is 3.20. The van der Waals surface area contributed by atoms with E-state index in [1.807, 2.05) is 0 Å². The second-order valence-corrected chi connectivity index (χ2v) is 2.18. The summed E-state index contributed by atoms with van der Waals surface area (Å²) in [4.78, 5) is 10.3. The number of benzene rings is 1. The topological polar surface area (TPSA) is 61.1 Å². The standard InChI is InChI=1S/C8H8NO2/c9-7(8(10)11)6-4-2-1-3-5-6/h1-5,7,9H,(H,10,11). The molecule has 0 saturated heterocycles. The van der Waals surface area contributed by atoms with Gasteiger partial charge in [0.1, 0.15) is 6.04 Å². The normalized spacial score (nSPS) is 12.5. The van der Waals surface area contributed by atoms with Gasteiger partial charge in [0.15, 0.2) is 0 Å². The van der Waals surface area contributed by atoms with Crippen molar-refractivity contribution in [3.63, 3.8) is 0 Å². The fraction of sp³-hybridized carbons (Fsp3) is 0.125. The van der Waals surface area contributed by atoms with Crippen LogP contribution in [0.15, 0.2) is 30.3 Å². The molecule has 3 heteroatoms. The Morgan fingerprint density at radius 1 is 1.36 bits per heavy atom. The van der Waals surface area contributed by atoms with Gasteiger partial charge in [-0.3, -0.25) is 4.79 Å². The molecule has 11 heavy (non-hydrogen) atoms. The molecule has 1 rings (SSSR count). The molecule has 1 radical (unpaired) electrons. The second-order valence-electron chi connectivity index (χ2n) is 2.18. The fourth-order valence-corrected chi connectivity index (χ4v) is 0.788. The van der Waals surface area contributed by atoms with Crippen LogP contribution >= 0.6 is 0 Å². The molecular weight excluding hydrogens is 142 g/mol. The lowest BCUT2D eigenvalue weighted by Gasteiger charge is -2.03. The van der Waals surface area contributed by atoms with Crippen molar-refractivity contribution in [1.82, 2.24) is 5.73 Å². The predicted molar refractivity (Wildman–Crippen MR) is 39.9 cm³/mol. The van der Waals surface area contributed by atoms with Crippen molar-refractivity contribution >= 4 is 5.97 Å². The van der Waals surface area contributed by atoms with Gasteiger partial charge in [0, 0.05) is 0 Å². The molecule has 0 bridgehead atoms. The molecule has 0 heterocycles. The largest absolute Gasteiger partial charge is 0.480 e. The summed E-state index contributed by atoms with van der Waals surface area (Å²) in [6.07, 6.45) is 0. The molecular formula is C8H8NO2. The van der Waals surface area contributed by atoms with E-state index in [-0.39, 0.29) is 0 Å². The summed E-state index contributed by atoms with van der Waals surface area (Å²) >= 11 is 0. The SMILES string of the molecule is [NH]C(C(=O)O)c1ccccc1. The maximum Gasteiger partial charge on any atom is 0.326 e. The molecule has 0 aliphatic carbocycles. The van der Waals surface area contributed by atoms with Gasteiger partial charge >= 0.3 is 5.97 Å². The van der Waals surface area contributed by atoms with E-state index >= 15 is 0 Å². The molecule has 3 nitrogen and oxygen atoms in total. The summed E-state index contributed by atoms with van der Waals surface area (Å²) in [5.74, 6) is -1.11. The Morgan fingerprint density at radius 2 is 1.91 bits per heavy atom. The van der Waals surface area contributed by atoms with Crippen LogP contribution in [0.4, 0.5) is 0 Å². The molecule has 0 fully saturated rings. The molecule has 0 aliphatic rings. The lowest BCUT2D eigenvalue weighted by Crippen LogP contribution is -2.11. The molecule has 0 saturated carbocycles. The molecule has 1 unspecified atom stereocenters. The lowest BCUT2D eigenvalue weighted by molar-refractivity contribution is -0.138. The van der Waals surface area contributed by atoms with Crippen LogP contribution in [0.3, 0.4) is 0 Å². The Labute approximate surface area is 64.5 Å². The number of carboxylic acid groups (broad SMARTS) is 1. The van der Waals surface area contributed by atoms with Crippen LogP contribution in [0.1, 0.15) is 11.6 Å². The van der Waals surface area contributed by atoms with Crippen LogP contribution in [-0.4, -0.2) is 11.1 Å². The minimum Gasteiger partial charge on any atom is -0.480 e. The van der Waals surface area contributed by atoms with Crippen LogP contribution in [0.5, 0.6) is 0 Å². The van der Waals surface area contributed by atoms with E-state index in [0.717, 1.165) is 0 Å². The van der Waals surface area contributed by atoms with E-state index in [1.54, 1.807) is 30.3 Å². The van der Waals surface area contributed by atoms with Gasteiger partial charge in [-0.1, -0.05) is 30.3 Å². The quantitative estimate of drug-likeness (QED) is 0.686. The van der Waals surface area contributed by atoms with Crippen molar-refractivity contribution < 1.29 is 9.90 Å². The van der Waals surface area contributed by atoms with Crippen LogP contribution in [-0.2, 0) is 4.79 Å². The second kappa shape index (κ2) is 3.16. The molecule has 1 aromatic carbocycles. The number of aliphatic carboxylic acids is 1. The number of hydrogen-bond acceptors (Lipinski definition) is 1. The summed E-state index contributed by atoms with van der Waals surface area (Å²) in [6.45, 7) is 0. The molecule has 0 aromatic heterocycles. The Balaban J connectivity index is 2.85. The lowest BCUT2D eigenvalue weighted by atomic mass is 10.1. The Kier molecular flexibility index (Phi) is 2.23. The van der Waals surface area contributed by atoms with Crippen LogP contribution in [0, 0.1) is 0 Å². The Morgan fingerprint density at radius 3 is 2.36 bits per heavy atom. The third kappa shape index (κ3) is 1.78. The highest BCUT2D eigenvalue weighted by atomic mass is 16.4. The zero-order valence-electron chi connectivity index (χ0n) is 5.82. The molecule has 1 atom stereocenters. The Hall–Kier alpha value is -1.35. The zero-order valence-corrected chi connectivity index (χ0v) is 5.82. The van der Waals surface area contributed by atoms with Crippen molar-refractivity contribution in [3.8, 4) is 0 Å². The van der Waals surface area contributed by atoms with E-state index in [1.165, 1.54) is 0 Å². The molecule has 1 aromatic rings. The predicted octanol–water partition coefficient (Wildman–Crippen LogP) is 1.10. The van der Waals surface area contributed by atoms with Crippen molar-refractivity contribution in [2.75, 3.05) is 0 Å². The third-order valence-corrected chi connectivity index (χ3v) is 1.38. The van der Waals surface area contributed by atoms with Gasteiger partial charge < -0.3 is 5.11 Å². The van der Waals surface area contributed by atoms with Gasteiger partial charge in [-0.25, -0.2) is 5.73 Å². The smallest absolute Gasteiger partial charge is 0.326 e. The summed E-state index contributed by atoms with van der Waals surface area (Å²) < 4.78 is 0. The minimum atomic E-state index is -1.16. The first-order chi connectivity index (χ1) is 5.22. The molecule has 57 valence electrons. The van der Waals surface area contributed by atoms with Crippen LogP contribution in [0.25, 0.3) is 0 Å². The van der Waals surface area contributed by atoms with Crippen molar-refractivity contribution in [3.05, 3.63) is 35.9 Å². The summed E-state index contributed by atoms with van der Waals surface area (Å²) in [6, 6.07) is 7.34. The molecule has 0 aliphatic heterocycles.